The van der Waals surface area contributed by atoms with Crippen LogP contribution in [0.4, 0.5) is 0 Å². The molecular weight excluding hydrogens is 476 g/mol. The van der Waals surface area contributed by atoms with Gasteiger partial charge in [0.2, 0.25) is 0 Å². The molecule has 38 heavy (non-hydrogen) atoms. The second kappa shape index (κ2) is 18.2. The molecule has 0 spiro atoms. The maximum atomic E-state index is 12.7. The highest BCUT2D eigenvalue weighted by Crippen LogP contribution is 2.33. The van der Waals surface area contributed by atoms with Gasteiger partial charge < -0.3 is 14.2 Å². The van der Waals surface area contributed by atoms with Crippen LogP contribution >= 0.6 is 0 Å². The summed E-state index contributed by atoms with van der Waals surface area (Å²) < 4.78 is 17.5. The molecule has 0 amide bonds. The topological polar surface area (TPSA) is 61.8 Å². The van der Waals surface area contributed by atoms with Crippen molar-refractivity contribution in [2.24, 2.45) is 0 Å². The van der Waals surface area contributed by atoms with Crippen LogP contribution in [-0.4, -0.2) is 30.8 Å². The molecule has 1 aromatic carbocycles. The number of benzene rings is 1. The Kier molecular flexibility index (Phi) is 14.6. The minimum absolute atomic E-state index is 0.0453. The van der Waals surface area contributed by atoms with Crippen molar-refractivity contribution in [3.8, 4) is 0 Å². The summed E-state index contributed by atoms with van der Waals surface area (Å²) in [5.74, 6) is -0.516. The van der Waals surface area contributed by atoms with Crippen LogP contribution in [0.5, 0.6) is 0 Å². The van der Waals surface area contributed by atoms with E-state index in [9.17, 15) is 9.59 Å². The molecule has 0 saturated carbocycles. The van der Waals surface area contributed by atoms with Crippen LogP contribution in [0, 0.1) is 0 Å². The minimum Gasteiger partial charge on any atom is -0.461 e. The van der Waals surface area contributed by atoms with Gasteiger partial charge in [-0.05, 0) is 24.8 Å². The number of hydrogen-bond donors (Lipinski definition) is 0. The molecule has 2 bridgehead atoms. The first-order chi connectivity index (χ1) is 18.7. The van der Waals surface area contributed by atoms with E-state index >= 15 is 0 Å². The van der Waals surface area contributed by atoms with Crippen LogP contribution in [0.2, 0.25) is 0 Å². The lowest BCUT2D eigenvalue weighted by Crippen LogP contribution is -2.40. The van der Waals surface area contributed by atoms with Gasteiger partial charge in [-0.25, -0.2) is 4.79 Å². The van der Waals surface area contributed by atoms with Crippen molar-refractivity contribution in [3.63, 3.8) is 0 Å². The molecule has 1 fully saturated rings. The summed E-state index contributed by atoms with van der Waals surface area (Å²) in [7, 11) is 0. The van der Waals surface area contributed by atoms with Gasteiger partial charge in [-0.3, -0.25) is 4.79 Å². The molecule has 1 aromatic rings. The molecule has 1 atom stereocenters. The first-order valence-electron chi connectivity index (χ1n) is 15.4. The van der Waals surface area contributed by atoms with E-state index in [1.807, 2.05) is 36.4 Å². The maximum Gasteiger partial charge on any atom is 0.334 e. The SMILES string of the molecule is O=C1CCCCCCCCCCCCCCCCCC/C=C2/CC(COCc3ccccc3)(CO1)OC2=O. The van der Waals surface area contributed by atoms with Crippen molar-refractivity contribution in [1.82, 2.24) is 0 Å². The highest BCUT2D eigenvalue weighted by molar-refractivity contribution is 5.91. The smallest absolute Gasteiger partial charge is 0.334 e. The van der Waals surface area contributed by atoms with E-state index in [4.69, 9.17) is 14.2 Å². The zero-order valence-corrected chi connectivity index (χ0v) is 23.6. The second-order valence-corrected chi connectivity index (χ2v) is 11.3. The third-order valence-electron chi connectivity index (χ3n) is 7.78. The number of carbonyl (C=O) groups is 2. The number of carbonyl (C=O) groups excluding carboxylic acids is 2. The van der Waals surface area contributed by atoms with Gasteiger partial charge in [-0.1, -0.05) is 126 Å². The van der Waals surface area contributed by atoms with E-state index in [2.05, 4.69) is 0 Å². The van der Waals surface area contributed by atoms with E-state index in [1.165, 1.54) is 83.5 Å². The van der Waals surface area contributed by atoms with Crippen molar-refractivity contribution in [3.05, 3.63) is 47.5 Å². The number of ether oxygens (including phenoxy) is 3. The number of esters is 2. The Morgan fingerprint density at radius 2 is 1.26 bits per heavy atom. The standard InChI is InChI=1S/C33H50O5/c34-31-24-20-15-13-11-9-7-5-3-1-2-4-6-8-10-12-14-19-23-30-25-33(28-37-31,38-32(30)35)27-36-26-29-21-17-16-18-22-29/h16-18,21-23H,1-15,19-20,24-28H2/b30-23-. The highest BCUT2D eigenvalue weighted by Gasteiger charge is 2.45. The number of rotatable bonds is 4. The Labute approximate surface area is 230 Å². The van der Waals surface area contributed by atoms with Crippen molar-refractivity contribution >= 4 is 11.9 Å². The summed E-state index contributed by atoms with van der Waals surface area (Å²) >= 11 is 0. The molecule has 2 aliphatic rings. The average Bonchev–Trinajstić information content (AvgIpc) is 3.24. The molecule has 0 radical (unpaired) electrons. The van der Waals surface area contributed by atoms with Crippen molar-refractivity contribution in [1.29, 1.82) is 0 Å². The first kappa shape index (κ1) is 30.4. The van der Waals surface area contributed by atoms with Crippen LogP contribution in [0.15, 0.2) is 42.0 Å². The minimum atomic E-state index is -0.945. The Morgan fingerprint density at radius 3 is 1.87 bits per heavy atom. The van der Waals surface area contributed by atoms with Crippen molar-refractivity contribution in [2.75, 3.05) is 13.2 Å². The third-order valence-corrected chi connectivity index (χ3v) is 7.78. The Hall–Kier alpha value is -2.14. The monoisotopic (exact) mass is 526 g/mol. The molecule has 5 nitrogen and oxygen atoms in total. The number of cyclic esters (lactones) is 1. The Balaban J connectivity index is 1.53. The molecule has 2 aliphatic heterocycles. The summed E-state index contributed by atoms with van der Waals surface area (Å²) in [6.07, 6.45) is 23.8. The fourth-order valence-corrected chi connectivity index (χ4v) is 5.45. The molecule has 1 unspecified atom stereocenters. The van der Waals surface area contributed by atoms with Crippen LogP contribution in [-0.2, 0) is 30.4 Å². The summed E-state index contributed by atoms with van der Waals surface area (Å²) in [6, 6.07) is 9.93. The van der Waals surface area contributed by atoms with Crippen LogP contribution in [0.1, 0.15) is 128 Å². The molecule has 0 aromatic heterocycles. The zero-order valence-electron chi connectivity index (χ0n) is 23.6. The summed E-state index contributed by atoms with van der Waals surface area (Å²) in [6.45, 7) is 0.676. The quantitative estimate of drug-likeness (QED) is 0.369. The molecule has 2 heterocycles. The van der Waals surface area contributed by atoms with Gasteiger partial charge in [0, 0.05) is 18.4 Å². The van der Waals surface area contributed by atoms with E-state index in [0.717, 1.165) is 31.2 Å². The summed E-state index contributed by atoms with van der Waals surface area (Å²) in [5, 5.41) is 0. The van der Waals surface area contributed by atoms with E-state index in [1.54, 1.807) is 0 Å². The first-order valence-corrected chi connectivity index (χ1v) is 15.4. The number of hydrogen-bond acceptors (Lipinski definition) is 5. The normalized spacial score (nSPS) is 25.7. The molecular formula is C33H50O5. The summed E-state index contributed by atoms with van der Waals surface area (Å²) in [4.78, 5) is 25.2. The van der Waals surface area contributed by atoms with Crippen LogP contribution in [0.25, 0.3) is 0 Å². The van der Waals surface area contributed by atoms with Gasteiger partial charge in [0.1, 0.15) is 6.61 Å². The van der Waals surface area contributed by atoms with Crippen molar-refractivity contribution in [2.45, 2.75) is 134 Å². The predicted octanol–water partition coefficient (Wildman–Crippen LogP) is 8.39. The van der Waals surface area contributed by atoms with Gasteiger partial charge >= 0.3 is 11.9 Å². The summed E-state index contributed by atoms with van der Waals surface area (Å²) in [5.41, 5.74) is 0.802. The van der Waals surface area contributed by atoms with Gasteiger partial charge in [0.05, 0.1) is 13.2 Å². The second-order valence-electron chi connectivity index (χ2n) is 11.3. The fraction of sp³-hybridized carbons (Fsp3) is 0.697. The van der Waals surface area contributed by atoms with Gasteiger partial charge in [0.15, 0.2) is 5.60 Å². The van der Waals surface area contributed by atoms with Gasteiger partial charge in [-0.15, -0.1) is 0 Å². The lowest BCUT2D eigenvalue weighted by Gasteiger charge is -2.26. The third kappa shape index (κ3) is 12.1. The van der Waals surface area contributed by atoms with Crippen molar-refractivity contribution < 1.29 is 23.8 Å². The molecule has 212 valence electrons. The molecule has 0 N–H and O–H groups in total. The maximum absolute atomic E-state index is 12.7. The molecule has 3 rings (SSSR count). The largest absolute Gasteiger partial charge is 0.461 e. The van der Waals surface area contributed by atoms with Crippen LogP contribution in [0.3, 0.4) is 0 Å². The lowest BCUT2D eigenvalue weighted by molar-refractivity contribution is -0.169. The van der Waals surface area contributed by atoms with E-state index in [0.29, 0.717) is 25.0 Å². The highest BCUT2D eigenvalue weighted by atomic mass is 16.6. The average molecular weight is 527 g/mol. The van der Waals surface area contributed by atoms with Crippen LogP contribution < -0.4 is 0 Å². The molecule has 1 saturated heterocycles. The van der Waals surface area contributed by atoms with E-state index in [-0.39, 0.29) is 25.2 Å². The number of allylic oxidation sites excluding steroid dienone is 1. The predicted molar refractivity (Wildman–Crippen MR) is 152 cm³/mol. The zero-order chi connectivity index (χ0) is 26.7. The molecule has 5 heteroatoms. The molecule has 0 aliphatic carbocycles. The van der Waals surface area contributed by atoms with E-state index < -0.39 is 5.60 Å². The fourth-order valence-electron chi connectivity index (χ4n) is 5.45. The lowest BCUT2D eigenvalue weighted by atomic mass is 9.98. The Bertz CT molecular complexity index is 833. The Morgan fingerprint density at radius 1 is 0.711 bits per heavy atom. The number of fused-ring (bicyclic) bond motifs is 2. The van der Waals surface area contributed by atoms with Gasteiger partial charge in [0.25, 0.3) is 0 Å². The van der Waals surface area contributed by atoms with Gasteiger partial charge in [-0.2, -0.15) is 0 Å².